The lowest BCUT2D eigenvalue weighted by Crippen LogP contribution is -2.58. The Morgan fingerprint density at radius 3 is 2.43 bits per heavy atom. The minimum atomic E-state index is -4.46. The highest BCUT2D eigenvalue weighted by atomic mass is 19.4. The van der Waals surface area contributed by atoms with Gasteiger partial charge in [0.1, 0.15) is 6.04 Å². The van der Waals surface area contributed by atoms with E-state index in [0.29, 0.717) is 5.56 Å². The summed E-state index contributed by atoms with van der Waals surface area (Å²) in [6.45, 7) is 1.20. The normalized spacial score (nSPS) is 21.8. The van der Waals surface area contributed by atoms with Gasteiger partial charge in [-0.3, -0.25) is 9.59 Å². The first-order valence-corrected chi connectivity index (χ1v) is 7.44. The van der Waals surface area contributed by atoms with Crippen LogP contribution < -0.4 is 5.32 Å². The monoisotopic (exact) mass is 328 g/mol. The lowest BCUT2D eigenvalue weighted by molar-refractivity contribution is -0.197. The van der Waals surface area contributed by atoms with Gasteiger partial charge in [0, 0.05) is 19.5 Å². The fourth-order valence-electron chi connectivity index (χ4n) is 2.86. The maximum Gasteiger partial charge on any atom is 0.408 e. The van der Waals surface area contributed by atoms with Gasteiger partial charge in [-0.15, -0.1) is 0 Å². The number of hydrogen-bond donors (Lipinski definition) is 1. The Morgan fingerprint density at radius 2 is 1.87 bits per heavy atom. The van der Waals surface area contributed by atoms with Crippen LogP contribution in [0, 0.1) is 0 Å². The minimum absolute atomic E-state index is 0.0831. The molecular formula is C16H19F3N2O2. The van der Waals surface area contributed by atoms with Crippen molar-refractivity contribution in [3.63, 3.8) is 0 Å². The number of rotatable bonds is 3. The molecule has 0 bridgehead atoms. The Morgan fingerprint density at radius 1 is 1.22 bits per heavy atom. The number of nitrogens with one attached hydrogen (secondary N) is 1. The van der Waals surface area contributed by atoms with Crippen LogP contribution in [0.25, 0.3) is 0 Å². The molecule has 1 N–H and O–H groups in total. The van der Waals surface area contributed by atoms with Gasteiger partial charge in [-0.1, -0.05) is 30.3 Å². The summed E-state index contributed by atoms with van der Waals surface area (Å²) in [4.78, 5) is 24.3. The summed E-state index contributed by atoms with van der Waals surface area (Å²) in [5.41, 5.74) is 0.667. The van der Waals surface area contributed by atoms with Crippen LogP contribution in [-0.4, -0.2) is 41.5 Å². The average molecular weight is 328 g/mol. The molecule has 0 radical (unpaired) electrons. The average Bonchev–Trinajstić information content (AvgIpc) is 2.46. The quantitative estimate of drug-likeness (QED) is 0.925. The van der Waals surface area contributed by atoms with E-state index >= 15 is 0 Å². The predicted octanol–water partition coefficient (Wildman–Crippen LogP) is 2.29. The Balaban J connectivity index is 2.13. The lowest BCUT2D eigenvalue weighted by Gasteiger charge is -2.40. The second-order valence-corrected chi connectivity index (χ2v) is 5.74. The first-order valence-electron chi connectivity index (χ1n) is 7.44. The number of amides is 2. The zero-order valence-electron chi connectivity index (χ0n) is 12.8. The molecule has 2 rings (SSSR count). The van der Waals surface area contributed by atoms with Crippen molar-refractivity contribution >= 4 is 11.8 Å². The van der Waals surface area contributed by atoms with Gasteiger partial charge in [0.25, 0.3) is 0 Å². The van der Waals surface area contributed by atoms with Crippen molar-refractivity contribution < 1.29 is 22.8 Å². The highest BCUT2D eigenvalue weighted by Gasteiger charge is 2.47. The molecule has 0 aliphatic carbocycles. The molecule has 2 amide bonds. The third-order valence-electron chi connectivity index (χ3n) is 3.89. The van der Waals surface area contributed by atoms with Crippen molar-refractivity contribution in [2.45, 2.75) is 44.4 Å². The van der Waals surface area contributed by atoms with Crippen LogP contribution in [0.1, 0.15) is 25.3 Å². The number of carbonyl (C=O) groups is 2. The van der Waals surface area contributed by atoms with Gasteiger partial charge in [0.15, 0.2) is 0 Å². The van der Waals surface area contributed by atoms with Crippen molar-refractivity contribution in [2.24, 2.45) is 0 Å². The third-order valence-corrected chi connectivity index (χ3v) is 3.89. The molecule has 0 unspecified atom stereocenters. The van der Waals surface area contributed by atoms with E-state index in [0.717, 1.165) is 4.90 Å². The summed E-state index contributed by atoms with van der Waals surface area (Å²) in [6.07, 6.45) is -4.54. The highest BCUT2D eigenvalue weighted by Crippen LogP contribution is 2.32. The van der Waals surface area contributed by atoms with Gasteiger partial charge in [0.05, 0.1) is 6.42 Å². The fraction of sp³-hybridized carbons (Fsp3) is 0.500. The zero-order valence-corrected chi connectivity index (χ0v) is 12.8. The van der Waals surface area contributed by atoms with Gasteiger partial charge in [0.2, 0.25) is 11.8 Å². The molecule has 1 saturated heterocycles. The second-order valence-electron chi connectivity index (χ2n) is 5.74. The topological polar surface area (TPSA) is 49.4 Å². The number of likely N-dealkylation sites (tertiary alicyclic amines) is 1. The molecule has 1 aromatic carbocycles. The number of hydrogen-bond acceptors (Lipinski definition) is 2. The molecule has 1 aliphatic rings. The van der Waals surface area contributed by atoms with Crippen molar-refractivity contribution in [1.82, 2.24) is 10.2 Å². The molecule has 0 spiro atoms. The summed E-state index contributed by atoms with van der Waals surface area (Å²) in [6, 6.07) is 6.43. The van der Waals surface area contributed by atoms with E-state index in [1.54, 1.807) is 30.3 Å². The zero-order chi connectivity index (χ0) is 17.0. The van der Waals surface area contributed by atoms with Crippen LogP contribution in [0.4, 0.5) is 13.2 Å². The van der Waals surface area contributed by atoms with Gasteiger partial charge in [-0.2, -0.15) is 13.2 Å². The molecular weight excluding hydrogens is 309 g/mol. The SMILES string of the molecule is CC(=O)N[C@H]1CC[C@H](C(F)(F)F)N(C(=O)Cc2ccccc2)C1. The second kappa shape index (κ2) is 7.02. The first-order chi connectivity index (χ1) is 10.8. The molecule has 1 heterocycles. The summed E-state index contributed by atoms with van der Waals surface area (Å²) in [7, 11) is 0. The number of nitrogens with zero attached hydrogens (tertiary/aromatic N) is 1. The molecule has 7 heteroatoms. The molecule has 126 valence electrons. The molecule has 23 heavy (non-hydrogen) atoms. The number of carbonyl (C=O) groups excluding carboxylic acids is 2. The number of benzene rings is 1. The molecule has 2 atom stereocenters. The van der Waals surface area contributed by atoms with Crippen LogP contribution in [0.3, 0.4) is 0 Å². The smallest absolute Gasteiger partial charge is 0.352 e. The molecule has 0 saturated carbocycles. The minimum Gasteiger partial charge on any atom is -0.352 e. The lowest BCUT2D eigenvalue weighted by atomic mass is 9.96. The van der Waals surface area contributed by atoms with Crippen molar-refractivity contribution in [1.29, 1.82) is 0 Å². The number of alkyl halides is 3. The van der Waals surface area contributed by atoms with E-state index in [4.69, 9.17) is 0 Å². The van der Waals surface area contributed by atoms with Crippen molar-refractivity contribution in [3.8, 4) is 0 Å². The summed E-state index contributed by atoms with van der Waals surface area (Å²) in [5, 5.41) is 2.60. The maximum atomic E-state index is 13.2. The number of piperidine rings is 1. The van der Waals surface area contributed by atoms with E-state index < -0.39 is 24.2 Å². The molecule has 1 fully saturated rings. The summed E-state index contributed by atoms with van der Waals surface area (Å²) in [5.74, 6) is -0.885. The van der Waals surface area contributed by atoms with Crippen LogP contribution in [0.15, 0.2) is 30.3 Å². The van der Waals surface area contributed by atoms with E-state index in [1.807, 2.05) is 0 Å². The molecule has 4 nitrogen and oxygen atoms in total. The van der Waals surface area contributed by atoms with E-state index in [1.165, 1.54) is 6.92 Å². The van der Waals surface area contributed by atoms with Crippen LogP contribution in [0.2, 0.25) is 0 Å². The van der Waals surface area contributed by atoms with E-state index in [2.05, 4.69) is 5.32 Å². The standard InChI is InChI=1S/C16H19F3N2O2/c1-11(22)20-13-7-8-14(16(17,18)19)21(10-13)15(23)9-12-5-3-2-4-6-12/h2-6,13-14H,7-10H2,1H3,(H,20,22)/t13-,14+/m0/s1. The predicted molar refractivity (Wildman–Crippen MR) is 78.5 cm³/mol. The van der Waals surface area contributed by atoms with Gasteiger partial charge < -0.3 is 10.2 Å². The summed E-state index contributed by atoms with van der Waals surface area (Å²) >= 11 is 0. The van der Waals surface area contributed by atoms with Crippen LogP contribution >= 0.6 is 0 Å². The third kappa shape index (κ3) is 4.71. The Labute approximate surface area is 132 Å². The van der Waals surface area contributed by atoms with Crippen LogP contribution in [0.5, 0.6) is 0 Å². The fourth-order valence-corrected chi connectivity index (χ4v) is 2.86. The Kier molecular flexibility index (Phi) is 5.28. The maximum absolute atomic E-state index is 13.2. The van der Waals surface area contributed by atoms with Gasteiger partial charge in [-0.05, 0) is 18.4 Å². The highest BCUT2D eigenvalue weighted by molar-refractivity contribution is 5.79. The van der Waals surface area contributed by atoms with Gasteiger partial charge >= 0.3 is 6.18 Å². The van der Waals surface area contributed by atoms with Crippen molar-refractivity contribution in [2.75, 3.05) is 6.54 Å². The first kappa shape index (κ1) is 17.3. The molecule has 0 aromatic heterocycles. The molecule has 1 aromatic rings. The van der Waals surface area contributed by atoms with Crippen molar-refractivity contribution in [3.05, 3.63) is 35.9 Å². The van der Waals surface area contributed by atoms with Gasteiger partial charge in [-0.25, -0.2) is 0 Å². The van der Waals surface area contributed by atoms with E-state index in [-0.39, 0.29) is 31.7 Å². The largest absolute Gasteiger partial charge is 0.408 e. The van der Waals surface area contributed by atoms with E-state index in [9.17, 15) is 22.8 Å². The molecule has 1 aliphatic heterocycles. The Hall–Kier alpha value is -2.05. The van der Waals surface area contributed by atoms with Crippen LogP contribution in [-0.2, 0) is 16.0 Å². The Bertz CT molecular complexity index is 560. The number of halogens is 3. The summed E-state index contributed by atoms with van der Waals surface area (Å²) < 4.78 is 39.6.